The number of esters is 4. The lowest BCUT2D eigenvalue weighted by atomic mass is 9.97. The number of benzene rings is 5. The van der Waals surface area contributed by atoms with Gasteiger partial charge in [0, 0.05) is 0 Å². The van der Waals surface area contributed by atoms with Gasteiger partial charge in [-0.1, -0.05) is 84.9 Å². The van der Waals surface area contributed by atoms with E-state index in [9.17, 15) is 29.1 Å². The first-order chi connectivity index (χ1) is 27.2. The Morgan fingerprint density at radius 1 is 0.554 bits per heavy atom. The zero-order valence-corrected chi connectivity index (χ0v) is 29.8. The second-order valence-electron chi connectivity index (χ2n) is 12.6. The lowest BCUT2D eigenvalue weighted by Gasteiger charge is -2.44. The predicted molar refractivity (Wildman–Crippen MR) is 199 cm³/mol. The number of carboxylic acid groups (broad SMARTS) is 1. The van der Waals surface area contributed by atoms with E-state index in [4.69, 9.17) is 34.2 Å². The Morgan fingerprint density at radius 2 is 0.964 bits per heavy atom. The third-order valence-corrected chi connectivity index (χ3v) is 8.69. The van der Waals surface area contributed by atoms with Crippen LogP contribution in [0.3, 0.4) is 0 Å². The van der Waals surface area contributed by atoms with Crippen molar-refractivity contribution in [2.45, 2.75) is 43.2 Å². The number of nitrogens with two attached hydrogens (primary N) is 1. The van der Waals surface area contributed by atoms with Crippen molar-refractivity contribution >= 4 is 29.8 Å². The van der Waals surface area contributed by atoms with Crippen LogP contribution in [0.5, 0.6) is 5.75 Å². The first-order valence-corrected chi connectivity index (χ1v) is 17.6. The highest BCUT2D eigenvalue weighted by molar-refractivity contribution is 5.91. The summed E-state index contributed by atoms with van der Waals surface area (Å²) < 4.78 is 36.4. The molecule has 1 fully saturated rings. The van der Waals surface area contributed by atoms with Gasteiger partial charge in [0.25, 0.3) is 0 Å². The van der Waals surface area contributed by atoms with E-state index >= 15 is 0 Å². The summed E-state index contributed by atoms with van der Waals surface area (Å²) >= 11 is 0. The number of ether oxygens (including phenoxy) is 6. The Labute approximate surface area is 321 Å². The van der Waals surface area contributed by atoms with Gasteiger partial charge in [-0.05, 0) is 72.6 Å². The van der Waals surface area contributed by atoms with Crippen LogP contribution in [0, 0.1) is 0 Å². The number of hydrogen-bond acceptors (Lipinski definition) is 12. The van der Waals surface area contributed by atoms with Gasteiger partial charge < -0.3 is 39.3 Å². The quantitative estimate of drug-likeness (QED) is 0.110. The molecule has 0 aliphatic carbocycles. The molecular formula is C43H37NO12. The normalized spacial score (nSPS) is 19.4. The molecule has 286 valence electrons. The predicted octanol–water partition coefficient (Wildman–Crippen LogP) is 5.28. The third-order valence-electron chi connectivity index (χ3n) is 8.69. The molecule has 0 spiro atoms. The van der Waals surface area contributed by atoms with Gasteiger partial charge in [-0.25, -0.2) is 19.2 Å². The van der Waals surface area contributed by atoms with E-state index in [0.29, 0.717) is 5.56 Å². The molecule has 1 saturated heterocycles. The van der Waals surface area contributed by atoms with Gasteiger partial charge in [-0.15, -0.1) is 0 Å². The summed E-state index contributed by atoms with van der Waals surface area (Å²) in [6, 6.07) is 37.3. The maximum atomic E-state index is 13.8. The van der Waals surface area contributed by atoms with Crippen molar-refractivity contribution in [2.75, 3.05) is 6.61 Å². The molecule has 5 aromatic rings. The highest BCUT2D eigenvalue weighted by atomic mass is 16.7. The molecule has 0 bridgehead atoms. The van der Waals surface area contributed by atoms with Gasteiger partial charge >= 0.3 is 29.8 Å². The molecule has 13 heteroatoms. The van der Waals surface area contributed by atoms with E-state index in [-0.39, 0.29) is 34.4 Å². The summed E-state index contributed by atoms with van der Waals surface area (Å²) in [5, 5.41) is 9.26. The summed E-state index contributed by atoms with van der Waals surface area (Å²) in [6.07, 6.45) is -7.61. The van der Waals surface area contributed by atoms with Crippen LogP contribution in [-0.2, 0) is 34.9 Å². The van der Waals surface area contributed by atoms with Crippen LogP contribution in [0.4, 0.5) is 0 Å². The lowest BCUT2D eigenvalue weighted by Crippen LogP contribution is -2.63. The molecule has 0 unspecified atom stereocenters. The molecule has 6 rings (SSSR count). The standard InChI is InChI=1S/C43H37NO12/c44-33(38(45)46)25-27-21-23-32(24-22-27)52-43-37(56-42(50)31-19-11-4-12-20-31)36(55-41(49)30-17-9-3-10-18-30)35(54-40(48)29-15-7-2-8-16-29)34(53-43)26-51-39(47)28-13-5-1-6-14-28/h1-24,33-37,43H,25-26,44H2,(H,45,46)/t33-,34+,35-,36-,37+,43+/m0/s1. The van der Waals surface area contributed by atoms with Crippen molar-refractivity contribution < 1.29 is 57.5 Å². The molecule has 0 aromatic heterocycles. The van der Waals surface area contributed by atoms with Gasteiger partial charge in [0.1, 0.15) is 24.5 Å². The van der Waals surface area contributed by atoms with Crippen LogP contribution in [0.2, 0.25) is 0 Å². The molecule has 5 aromatic carbocycles. The van der Waals surface area contributed by atoms with Gasteiger partial charge in [-0.3, -0.25) is 4.79 Å². The first kappa shape index (κ1) is 38.9. The Kier molecular flexibility index (Phi) is 12.8. The number of rotatable bonds is 14. The topological polar surface area (TPSA) is 187 Å². The second kappa shape index (κ2) is 18.5. The van der Waals surface area contributed by atoms with Crippen LogP contribution in [0.25, 0.3) is 0 Å². The number of carbonyl (C=O) groups excluding carboxylic acids is 4. The van der Waals surface area contributed by atoms with Gasteiger partial charge in [-0.2, -0.15) is 0 Å². The smallest absolute Gasteiger partial charge is 0.338 e. The van der Waals surface area contributed by atoms with Gasteiger partial charge in [0.15, 0.2) is 12.2 Å². The zero-order valence-electron chi connectivity index (χ0n) is 29.8. The fraction of sp³-hybridized carbons (Fsp3) is 0.186. The molecule has 0 radical (unpaired) electrons. The van der Waals surface area contributed by atoms with Crippen molar-refractivity contribution in [2.24, 2.45) is 5.73 Å². The SMILES string of the molecule is N[C@@H](Cc1ccc(O[C@@H]2O[C@H](COC(=O)c3ccccc3)[C@H](OC(=O)c3ccccc3)[C@H](OC(=O)c3ccccc3)[C@H]2OC(=O)c2ccccc2)cc1)C(=O)O. The Hall–Kier alpha value is -6.83. The second-order valence-corrected chi connectivity index (χ2v) is 12.6. The Balaban J connectivity index is 1.40. The molecule has 1 heterocycles. The van der Waals surface area contributed by atoms with Crippen LogP contribution < -0.4 is 10.5 Å². The fourth-order valence-corrected chi connectivity index (χ4v) is 5.80. The molecule has 6 atom stereocenters. The van der Waals surface area contributed by atoms with E-state index in [1.807, 2.05) is 0 Å². The van der Waals surface area contributed by atoms with E-state index < -0.39 is 73.2 Å². The molecule has 3 N–H and O–H groups in total. The maximum absolute atomic E-state index is 13.8. The summed E-state index contributed by atoms with van der Waals surface area (Å²) in [5.41, 5.74) is 6.99. The van der Waals surface area contributed by atoms with Crippen molar-refractivity contribution in [3.63, 3.8) is 0 Å². The van der Waals surface area contributed by atoms with Crippen molar-refractivity contribution in [1.82, 2.24) is 0 Å². The zero-order chi connectivity index (χ0) is 39.4. The monoisotopic (exact) mass is 759 g/mol. The largest absolute Gasteiger partial charge is 0.480 e. The first-order valence-electron chi connectivity index (χ1n) is 17.6. The Bertz CT molecular complexity index is 2100. The van der Waals surface area contributed by atoms with Crippen molar-refractivity contribution in [3.05, 3.63) is 173 Å². The highest BCUT2D eigenvalue weighted by Gasteiger charge is 2.54. The molecule has 0 saturated carbocycles. The fourth-order valence-electron chi connectivity index (χ4n) is 5.80. The Morgan fingerprint density at radius 3 is 1.41 bits per heavy atom. The number of carboxylic acids is 1. The molecule has 56 heavy (non-hydrogen) atoms. The van der Waals surface area contributed by atoms with E-state index in [0.717, 1.165) is 0 Å². The summed E-state index contributed by atoms with van der Waals surface area (Å²) in [7, 11) is 0. The van der Waals surface area contributed by atoms with E-state index in [1.165, 1.54) is 48.5 Å². The number of hydrogen-bond donors (Lipinski definition) is 2. The van der Waals surface area contributed by atoms with Crippen LogP contribution in [-0.4, -0.2) is 78.3 Å². The van der Waals surface area contributed by atoms with Crippen LogP contribution in [0.15, 0.2) is 146 Å². The molecule has 1 aliphatic rings. The maximum Gasteiger partial charge on any atom is 0.338 e. The minimum absolute atomic E-state index is 0.0354. The molecule has 1 aliphatic heterocycles. The lowest BCUT2D eigenvalue weighted by molar-refractivity contribution is -0.275. The summed E-state index contributed by atoms with van der Waals surface area (Å²) in [6.45, 7) is -0.523. The van der Waals surface area contributed by atoms with Crippen LogP contribution >= 0.6 is 0 Å². The summed E-state index contributed by atoms with van der Waals surface area (Å²) in [5.74, 6) is -4.23. The average molecular weight is 760 g/mol. The molecule has 0 amide bonds. The third kappa shape index (κ3) is 10.0. The average Bonchev–Trinajstić information content (AvgIpc) is 3.23. The van der Waals surface area contributed by atoms with Crippen LogP contribution in [0.1, 0.15) is 47.0 Å². The minimum Gasteiger partial charge on any atom is -0.480 e. The van der Waals surface area contributed by atoms with E-state index in [1.54, 1.807) is 97.1 Å². The van der Waals surface area contributed by atoms with Crippen molar-refractivity contribution in [3.8, 4) is 5.75 Å². The number of carbonyl (C=O) groups is 5. The van der Waals surface area contributed by atoms with E-state index in [2.05, 4.69) is 0 Å². The van der Waals surface area contributed by atoms with Gasteiger partial charge in [0.2, 0.25) is 12.4 Å². The molecule has 13 nitrogen and oxygen atoms in total. The number of aliphatic carboxylic acids is 1. The minimum atomic E-state index is -1.60. The molecular weight excluding hydrogens is 722 g/mol. The van der Waals surface area contributed by atoms with Gasteiger partial charge in [0.05, 0.1) is 22.3 Å². The summed E-state index contributed by atoms with van der Waals surface area (Å²) in [4.78, 5) is 65.7. The van der Waals surface area contributed by atoms with Crippen molar-refractivity contribution in [1.29, 1.82) is 0 Å². The highest BCUT2D eigenvalue weighted by Crippen LogP contribution is 2.33.